The molecule has 1 aromatic rings. The molecular weight excluding hydrogens is 244 g/mol. The number of likely N-dealkylation sites (N-methyl/N-ethyl adjacent to an activating group) is 1. The lowest BCUT2D eigenvalue weighted by Gasteiger charge is -2.18. The van der Waals surface area contributed by atoms with Crippen LogP contribution in [-0.4, -0.2) is 31.3 Å². The number of thioether (sulfide) groups is 1. The van der Waals surface area contributed by atoms with Gasteiger partial charge in [0, 0.05) is 23.7 Å². The Morgan fingerprint density at radius 2 is 1.94 bits per heavy atom. The zero-order valence-electron chi connectivity index (χ0n) is 11.6. The maximum atomic E-state index is 11.9. The molecule has 0 saturated heterocycles. The van der Waals surface area contributed by atoms with Crippen LogP contribution in [0, 0.1) is 0 Å². The smallest absolute Gasteiger partial charge is 0.240 e. The summed E-state index contributed by atoms with van der Waals surface area (Å²) in [6, 6.07) is 8.42. The molecule has 100 valence electrons. The van der Waals surface area contributed by atoms with Crippen molar-refractivity contribution in [2.24, 2.45) is 0 Å². The summed E-state index contributed by atoms with van der Waals surface area (Å²) in [5, 5.41) is 3.13. The largest absolute Gasteiger partial charge is 0.314 e. The van der Waals surface area contributed by atoms with Gasteiger partial charge in [-0.15, -0.1) is 11.8 Å². The molecule has 0 spiro atoms. The molecule has 1 rings (SSSR count). The van der Waals surface area contributed by atoms with Crippen molar-refractivity contribution in [1.82, 2.24) is 5.32 Å². The normalized spacial score (nSPS) is 10.7. The first-order valence-electron chi connectivity index (χ1n) is 6.27. The Balaban J connectivity index is 2.60. The van der Waals surface area contributed by atoms with Crippen molar-refractivity contribution in [3.8, 4) is 0 Å². The van der Waals surface area contributed by atoms with Gasteiger partial charge in [-0.05, 0) is 30.0 Å². The number of nitrogens with zero attached hydrogens (tertiary/aromatic N) is 1. The monoisotopic (exact) mass is 266 g/mol. The number of hydrogen-bond donors (Lipinski definition) is 1. The Hall–Kier alpha value is -1.00. The minimum Gasteiger partial charge on any atom is -0.314 e. The summed E-state index contributed by atoms with van der Waals surface area (Å²) in [7, 11) is 1.81. The zero-order valence-corrected chi connectivity index (χ0v) is 12.4. The molecule has 4 heteroatoms. The van der Waals surface area contributed by atoms with Gasteiger partial charge in [-0.1, -0.05) is 20.8 Å². The molecule has 0 aromatic heterocycles. The van der Waals surface area contributed by atoms with Crippen molar-refractivity contribution in [3.05, 3.63) is 24.3 Å². The third-order valence-electron chi connectivity index (χ3n) is 2.57. The number of carbonyl (C=O) groups is 1. The minimum atomic E-state index is 0.0830. The number of rotatable bonds is 6. The first-order chi connectivity index (χ1) is 8.54. The van der Waals surface area contributed by atoms with Crippen LogP contribution < -0.4 is 10.2 Å². The molecule has 0 aliphatic rings. The van der Waals surface area contributed by atoms with E-state index >= 15 is 0 Å². The van der Waals surface area contributed by atoms with E-state index in [9.17, 15) is 4.79 Å². The maximum absolute atomic E-state index is 11.9. The van der Waals surface area contributed by atoms with Crippen molar-refractivity contribution < 1.29 is 4.79 Å². The predicted molar refractivity (Wildman–Crippen MR) is 79.4 cm³/mol. The minimum absolute atomic E-state index is 0.0830. The van der Waals surface area contributed by atoms with Crippen LogP contribution in [0.5, 0.6) is 0 Å². The summed E-state index contributed by atoms with van der Waals surface area (Å²) in [4.78, 5) is 14.8. The second-order valence-corrected chi connectivity index (χ2v) is 5.75. The van der Waals surface area contributed by atoms with E-state index in [1.54, 1.807) is 16.7 Å². The second kappa shape index (κ2) is 7.44. The molecule has 1 amide bonds. The fourth-order valence-corrected chi connectivity index (χ4v) is 2.15. The summed E-state index contributed by atoms with van der Waals surface area (Å²) in [6.45, 7) is 6.57. The first-order valence-corrected chi connectivity index (χ1v) is 7.26. The molecule has 18 heavy (non-hydrogen) atoms. The number of nitrogens with one attached hydrogen (secondary N) is 1. The molecule has 0 atom stereocenters. The second-order valence-electron chi connectivity index (χ2n) is 4.42. The Morgan fingerprint density at radius 1 is 1.33 bits per heavy atom. The quantitative estimate of drug-likeness (QED) is 0.804. The number of anilines is 1. The van der Waals surface area contributed by atoms with E-state index in [1.807, 2.05) is 33.0 Å². The van der Waals surface area contributed by atoms with Crippen molar-refractivity contribution >= 4 is 23.4 Å². The maximum Gasteiger partial charge on any atom is 0.240 e. The standard InChI is InChI=1S/C14H22N2OS/c1-5-18-13-8-6-12(7-9-13)16(4)14(17)10-15-11(2)3/h6-9,11,15H,5,10H2,1-4H3. The average Bonchev–Trinajstić information content (AvgIpc) is 2.36. The van der Waals surface area contributed by atoms with Gasteiger partial charge in [0.15, 0.2) is 0 Å². The van der Waals surface area contributed by atoms with Gasteiger partial charge in [0.2, 0.25) is 5.91 Å². The summed E-state index contributed by atoms with van der Waals surface area (Å²) < 4.78 is 0. The molecule has 0 radical (unpaired) electrons. The van der Waals surface area contributed by atoms with E-state index in [1.165, 1.54) is 4.90 Å². The molecule has 0 aliphatic carbocycles. The zero-order chi connectivity index (χ0) is 13.5. The summed E-state index contributed by atoms with van der Waals surface area (Å²) >= 11 is 1.80. The van der Waals surface area contributed by atoms with Gasteiger partial charge in [-0.2, -0.15) is 0 Å². The van der Waals surface area contributed by atoms with Gasteiger partial charge >= 0.3 is 0 Å². The van der Waals surface area contributed by atoms with Crippen LogP contribution in [0.2, 0.25) is 0 Å². The number of amides is 1. The average molecular weight is 266 g/mol. The lowest BCUT2D eigenvalue weighted by Crippen LogP contribution is -2.38. The molecule has 1 N–H and O–H groups in total. The van der Waals surface area contributed by atoms with Crippen LogP contribution in [0.1, 0.15) is 20.8 Å². The fourth-order valence-electron chi connectivity index (χ4n) is 1.49. The van der Waals surface area contributed by atoms with E-state index in [-0.39, 0.29) is 5.91 Å². The van der Waals surface area contributed by atoms with Crippen LogP contribution in [0.25, 0.3) is 0 Å². The highest BCUT2D eigenvalue weighted by molar-refractivity contribution is 7.99. The van der Waals surface area contributed by atoms with Crippen LogP contribution in [0.4, 0.5) is 5.69 Å². The predicted octanol–water partition coefficient (Wildman–Crippen LogP) is 2.76. The van der Waals surface area contributed by atoms with Crippen molar-refractivity contribution in [2.45, 2.75) is 31.7 Å². The molecule has 0 fully saturated rings. The molecule has 3 nitrogen and oxygen atoms in total. The number of hydrogen-bond acceptors (Lipinski definition) is 3. The van der Waals surface area contributed by atoms with Crippen molar-refractivity contribution in [1.29, 1.82) is 0 Å². The fraction of sp³-hybridized carbons (Fsp3) is 0.500. The van der Waals surface area contributed by atoms with E-state index in [0.29, 0.717) is 12.6 Å². The van der Waals surface area contributed by atoms with Gasteiger partial charge in [0.25, 0.3) is 0 Å². The van der Waals surface area contributed by atoms with E-state index in [0.717, 1.165) is 11.4 Å². The Kier molecular flexibility index (Phi) is 6.22. The van der Waals surface area contributed by atoms with Crippen LogP contribution in [0.15, 0.2) is 29.2 Å². The summed E-state index contributed by atoms with van der Waals surface area (Å²) in [6.07, 6.45) is 0. The molecule has 1 aromatic carbocycles. The lowest BCUT2D eigenvalue weighted by molar-refractivity contribution is -0.117. The lowest BCUT2D eigenvalue weighted by atomic mass is 10.3. The van der Waals surface area contributed by atoms with E-state index in [2.05, 4.69) is 24.4 Å². The number of carbonyl (C=O) groups excluding carboxylic acids is 1. The number of benzene rings is 1. The van der Waals surface area contributed by atoms with Gasteiger partial charge in [0.1, 0.15) is 0 Å². The Bertz CT molecular complexity index is 376. The first kappa shape index (κ1) is 15.1. The van der Waals surface area contributed by atoms with Crippen LogP contribution in [-0.2, 0) is 4.79 Å². The van der Waals surface area contributed by atoms with Gasteiger partial charge in [0.05, 0.1) is 6.54 Å². The Labute approximate surface area is 114 Å². The van der Waals surface area contributed by atoms with Crippen LogP contribution >= 0.6 is 11.8 Å². The molecule has 0 aliphatic heterocycles. The van der Waals surface area contributed by atoms with Gasteiger partial charge < -0.3 is 10.2 Å². The molecule has 0 heterocycles. The summed E-state index contributed by atoms with van der Waals surface area (Å²) in [5.74, 6) is 1.14. The SMILES string of the molecule is CCSc1ccc(N(C)C(=O)CNC(C)C)cc1. The van der Waals surface area contributed by atoms with Crippen molar-refractivity contribution in [3.63, 3.8) is 0 Å². The molecular formula is C14H22N2OS. The van der Waals surface area contributed by atoms with Gasteiger partial charge in [-0.25, -0.2) is 0 Å². The molecule has 0 unspecified atom stereocenters. The molecule has 0 bridgehead atoms. The summed E-state index contributed by atoms with van der Waals surface area (Å²) in [5.41, 5.74) is 0.936. The van der Waals surface area contributed by atoms with Crippen molar-refractivity contribution in [2.75, 3.05) is 24.2 Å². The van der Waals surface area contributed by atoms with Crippen LogP contribution in [0.3, 0.4) is 0 Å². The van der Waals surface area contributed by atoms with E-state index in [4.69, 9.17) is 0 Å². The molecule has 0 saturated carbocycles. The highest BCUT2D eigenvalue weighted by atomic mass is 32.2. The Morgan fingerprint density at radius 3 is 2.44 bits per heavy atom. The van der Waals surface area contributed by atoms with Gasteiger partial charge in [-0.3, -0.25) is 4.79 Å². The third-order valence-corrected chi connectivity index (χ3v) is 3.46. The topological polar surface area (TPSA) is 32.3 Å². The third kappa shape index (κ3) is 4.70. The highest BCUT2D eigenvalue weighted by Gasteiger charge is 2.10. The van der Waals surface area contributed by atoms with E-state index < -0.39 is 0 Å². The highest BCUT2D eigenvalue weighted by Crippen LogP contribution is 2.21.